The zero-order valence-corrected chi connectivity index (χ0v) is 13.0. The molecule has 0 spiro atoms. The Kier molecular flexibility index (Phi) is 4.35. The quantitative estimate of drug-likeness (QED) is 0.860. The van der Waals surface area contributed by atoms with Crippen molar-refractivity contribution in [1.29, 1.82) is 0 Å². The Morgan fingerprint density at radius 1 is 1.43 bits per heavy atom. The van der Waals surface area contributed by atoms with E-state index in [-0.39, 0.29) is 22.5 Å². The number of benzene rings is 1. The van der Waals surface area contributed by atoms with Crippen molar-refractivity contribution in [2.75, 3.05) is 6.54 Å². The number of nitrogens with two attached hydrogens (primary N) is 1. The Bertz CT molecular complexity index is 558. The van der Waals surface area contributed by atoms with Crippen LogP contribution in [0.1, 0.15) is 35.7 Å². The van der Waals surface area contributed by atoms with E-state index < -0.39 is 23.2 Å². The summed E-state index contributed by atoms with van der Waals surface area (Å²) in [6.07, 6.45) is -2.73. The molecule has 1 unspecified atom stereocenters. The van der Waals surface area contributed by atoms with Gasteiger partial charge in [0.1, 0.15) is 0 Å². The van der Waals surface area contributed by atoms with Crippen molar-refractivity contribution < 1.29 is 18.0 Å². The topological polar surface area (TPSA) is 55.1 Å². The second-order valence-corrected chi connectivity index (χ2v) is 6.45. The highest BCUT2D eigenvalue weighted by molar-refractivity contribution is 9.10. The fraction of sp³-hybridized carbons (Fsp3) is 0.500. The van der Waals surface area contributed by atoms with Gasteiger partial charge in [-0.2, -0.15) is 13.2 Å². The number of nitrogens with one attached hydrogen (secondary N) is 1. The number of carbonyl (C=O) groups excluding carboxylic acids is 1. The molecule has 0 bridgehead atoms. The molecule has 0 heterocycles. The summed E-state index contributed by atoms with van der Waals surface area (Å²) in [4.78, 5) is 12.2. The summed E-state index contributed by atoms with van der Waals surface area (Å²) in [7, 11) is 0. The monoisotopic (exact) mass is 364 g/mol. The molecule has 1 atom stereocenters. The smallest absolute Gasteiger partial charge is 0.345 e. The van der Waals surface area contributed by atoms with Crippen LogP contribution in [0, 0.1) is 5.92 Å². The molecule has 1 amide bonds. The van der Waals surface area contributed by atoms with Gasteiger partial charge in [-0.15, -0.1) is 0 Å². The zero-order valence-electron chi connectivity index (χ0n) is 11.4. The summed E-state index contributed by atoms with van der Waals surface area (Å²) < 4.78 is 39.4. The molecule has 0 aromatic heterocycles. The molecule has 3 nitrogen and oxygen atoms in total. The summed E-state index contributed by atoms with van der Waals surface area (Å²) in [5.41, 5.74) is 3.68. The van der Waals surface area contributed by atoms with Crippen LogP contribution in [0.4, 0.5) is 13.2 Å². The van der Waals surface area contributed by atoms with Crippen molar-refractivity contribution in [1.82, 2.24) is 5.32 Å². The molecular weight excluding hydrogens is 349 g/mol. The van der Waals surface area contributed by atoms with Gasteiger partial charge in [-0.25, -0.2) is 0 Å². The Balaban J connectivity index is 2.31. The first-order chi connectivity index (χ1) is 9.67. The van der Waals surface area contributed by atoms with Crippen molar-refractivity contribution >= 4 is 21.8 Å². The van der Waals surface area contributed by atoms with E-state index in [0.29, 0.717) is 0 Å². The highest BCUT2D eigenvalue weighted by Crippen LogP contribution is 2.39. The first-order valence-corrected chi connectivity index (χ1v) is 7.36. The summed E-state index contributed by atoms with van der Waals surface area (Å²) in [5.74, 6) is -0.508. The van der Waals surface area contributed by atoms with Gasteiger partial charge in [0.2, 0.25) is 0 Å². The van der Waals surface area contributed by atoms with Crippen LogP contribution in [0.5, 0.6) is 0 Å². The van der Waals surface area contributed by atoms with Gasteiger partial charge in [0.05, 0.1) is 16.7 Å². The van der Waals surface area contributed by atoms with Gasteiger partial charge >= 0.3 is 6.18 Å². The molecule has 1 aromatic carbocycles. The molecule has 21 heavy (non-hydrogen) atoms. The fourth-order valence-corrected chi connectivity index (χ4v) is 2.68. The standard InChI is InChI=1S/C14H16BrF3N2O/c1-13(7-19,8-2-3-8)20-12(21)10-5-4-9(15)6-11(10)14(16,17)18/h4-6,8H,2-3,7,19H2,1H3,(H,20,21). The highest BCUT2D eigenvalue weighted by atomic mass is 79.9. The van der Waals surface area contributed by atoms with Gasteiger partial charge in [0, 0.05) is 11.0 Å². The van der Waals surface area contributed by atoms with Crippen molar-refractivity contribution in [2.45, 2.75) is 31.5 Å². The lowest BCUT2D eigenvalue weighted by Crippen LogP contribution is -2.53. The second kappa shape index (κ2) is 5.61. The predicted molar refractivity (Wildman–Crippen MR) is 76.8 cm³/mol. The SMILES string of the molecule is CC(CN)(NC(=O)c1ccc(Br)cc1C(F)(F)F)C1CC1. The lowest BCUT2D eigenvalue weighted by molar-refractivity contribution is -0.138. The van der Waals surface area contributed by atoms with Crippen LogP contribution >= 0.6 is 15.9 Å². The normalized spacial score (nSPS) is 18.2. The summed E-state index contributed by atoms with van der Waals surface area (Å²) >= 11 is 2.99. The van der Waals surface area contributed by atoms with E-state index in [2.05, 4.69) is 21.2 Å². The van der Waals surface area contributed by atoms with E-state index in [9.17, 15) is 18.0 Å². The van der Waals surface area contributed by atoms with Gasteiger partial charge in [-0.1, -0.05) is 15.9 Å². The third kappa shape index (κ3) is 3.58. The number of halogens is 4. The largest absolute Gasteiger partial charge is 0.417 e. The van der Waals surface area contributed by atoms with Gasteiger partial charge in [-0.05, 0) is 43.9 Å². The Morgan fingerprint density at radius 2 is 2.05 bits per heavy atom. The first-order valence-electron chi connectivity index (χ1n) is 6.57. The Hall–Kier alpha value is -1.08. The molecule has 3 N–H and O–H groups in total. The maximum atomic E-state index is 13.0. The molecule has 1 fully saturated rings. The molecule has 1 aromatic rings. The van der Waals surface area contributed by atoms with Crippen molar-refractivity contribution in [2.24, 2.45) is 11.7 Å². The Labute approximate surface area is 129 Å². The van der Waals surface area contributed by atoms with Crippen LogP contribution in [-0.4, -0.2) is 18.0 Å². The molecule has 0 saturated heterocycles. The van der Waals surface area contributed by atoms with Gasteiger partial charge in [0.25, 0.3) is 5.91 Å². The molecule has 1 aliphatic rings. The molecule has 1 aliphatic carbocycles. The van der Waals surface area contributed by atoms with Crippen LogP contribution in [0.2, 0.25) is 0 Å². The highest BCUT2D eigenvalue weighted by Gasteiger charge is 2.43. The fourth-order valence-electron chi connectivity index (χ4n) is 2.32. The van der Waals surface area contributed by atoms with E-state index in [4.69, 9.17) is 5.73 Å². The van der Waals surface area contributed by atoms with Crippen molar-refractivity contribution in [3.05, 3.63) is 33.8 Å². The summed E-state index contributed by atoms with van der Waals surface area (Å²) in [5, 5.41) is 2.67. The zero-order chi connectivity index (χ0) is 15.8. The number of hydrogen-bond acceptors (Lipinski definition) is 2. The van der Waals surface area contributed by atoms with Crippen LogP contribution in [0.15, 0.2) is 22.7 Å². The average Bonchev–Trinajstić information content (AvgIpc) is 3.21. The molecule has 116 valence electrons. The van der Waals surface area contributed by atoms with Gasteiger partial charge < -0.3 is 11.1 Å². The maximum Gasteiger partial charge on any atom is 0.417 e. The lowest BCUT2D eigenvalue weighted by Gasteiger charge is -2.30. The van der Waals surface area contributed by atoms with Crippen LogP contribution in [0.3, 0.4) is 0 Å². The minimum absolute atomic E-state index is 0.196. The maximum absolute atomic E-state index is 13.0. The number of amides is 1. The van der Waals surface area contributed by atoms with Crippen LogP contribution < -0.4 is 11.1 Å². The van der Waals surface area contributed by atoms with Gasteiger partial charge in [0.15, 0.2) is 0 Å². The number of alkyl halides is 3. The van der Waals surface area contributed by atoms with E-state index in [1.807, 2.05) is 0 Å². The molecule has 0 radical (unpaired) electrons. The molecule has 7 heteroatoms. The predicted octanol–water partition coefficient (Wildman–Crippen LogP) is 3.33. The van der Waals surface area contributed by atoms with E-state index in [1.165, 1.54) is 12.1 Å². The Morgan fingerprint density at radius 3 is 2.52 bits per heavy atom. The third-order valence-electron chi connectivity index (χ3n) is 3.83. The molecule has 1 saturated carbocycles. The van der Waals surface area contributed by atoms with Crippen LogP contribution in [0.25, 0.3) is 0 Å². The molecule has 0 aliphatic heterocycles. The van der Waals surface area contributed by atoms with Gasteiger partial charge in [-0.3, -0.25) is 4.79 Å². The summed E-state index contributed by atoms with van der Waals surface area (Å²) in [6, 6.07) is 3.50. The molecular formula is C14H16BrF3N2O. The second-order valence-electron chi connectivity index (χ2n) is 5.54. The van der Waals surface area contributed by atoms with E-state index in [0.717, 1.165) is 18.9 Å². The average molecular weight is 365 g/mol. The minimum Gasteiger partial charge on any atom is -0.345 e. The van der Waals surface area contributed by atoms with E-state index in [1.54, 1.807) is 6.92 Å². The number of rotatable bonds is 4. The lowest BCUT2D eigenvalue weighted by atomic mass is 9.94. The first kappa shape index (κ1) is 16.3. The number of carbonyl (C=O) groups is 1. The summed E-state index contributed by atoms with van der Waals surface area (Å²) in [6.45, 7) is 1.97. The minimum atomic E-state index is -4.59. The molecule has 2 rings (SSSR count). The van der Waals surface area contributed by atoms with Crippen LogP contribution in [-0.2, 0) is 6.18 Å². The van der Waals surface area contributed by atoms with E-state index >= 15 is 0 Å². The number of hydrogen-bond donors (Lipinski definition) is 2. The van der Waals surface area contributed by atoms with Crippen molar-refractivity contribution in [3.63, 3.8) is 0 Å². The van der Waals surface area contributed by atoms with Crippen molar-refractivity contribution in [3.8, 4) is 0 Å². The third-order valence-corrected chi connectivity index (χ3v) is 4.33.